The van der Waals surface area contributed by atoms with Crippen LogP contribution in [0.4, 0.5) is 0 Å². The van der Waals surface area contributed by atoms with E-state index in [1.165, 1.54) is 19.2 Å². The van der Waals surface area contributed by atoms with E-state index >= 15 is 0 Å². The first-order chi connectivity index (χ1) is 28.9. The van der Waals surface area contributed by atoms with Gasteiger partial charge in [-0.2, -0.15) is 0 Å². The number of nitrogens with two attached hydrogens (primary N) is 1. The number of nitrogens with one attached hydrogen (secondary N) is 2. The molecule has 15 N–H and O–H groups in total. The van der Waals surface area contributed by atoms with E-state index in [2.05, 4.69) is 10.6 Å². The number of dihydropyridines is 1. The Morgan fingerprint density at radius 3 is 2.34 bits per heavy atom. The molecule has 0 bridgehead atoms. The maximum Gasteiger partial charge on any atom is 0.340 e. The largest absolute Gasteiger partial charge is 0.507 e. The van der Waals surface area contributed by atoms with E-state index in [1.807, 2.05) is 0 Å². The Balaban J connectivity index is 1.37. The first kappa shape index (κ1) is 43.7. The molecule has 1 unspecified atom stereocenters. The summed E-state index contributed by atoms with van der Waals surface area (Å²) in [5, 5.41) is 123. The minimum Gasteiger partial charge on any atom is -0.507 e. The number of fused-ring (bicyclic) bond motifs is 2. The van der Waals surface area contributed by atoms with Gasteiger partial charge in [0.05, 0.1) is 6.17 Å². The van der Waals surface area contributed by atoms with E-state index in [0.717, 1.165) is 12.1 Å². The van der Waals surface area contributed by atoms with Crippen LogP contribution in [0, 0.1) is 5.92 Å². The van der Waals surface area contributed by atoms with Crippen LogP contribution in [0.3, 0.4) is 0 Å². The van der Waals surface area contributed by atoms with Crippen LogP contribution >= 0.6 is 0 Å². The van der Waals surface area contributed by atoms with Crippen molar-refractivity contribution in [1.82, 2.24) is 10.6 Å². The highest BCUT2D eigenvalue weighted by atomic mass is 16.8. The predicted molar refractivity (Wildman–Crippen MR) is 203 cm³/mol. The van der Waals surface area contributed by atoms with E-state index in [0.29, 0.717) is 5.57 Å². The van der Waals surface area contributed by atoms with Crippen molar-refractivity contribution in [3.05, 3.63) is 69.5 Å². The monoisotopic (exact) mass is 859 g/mol. The number of aromatic hydroxyl groups is 3. The molecule has 13 atom stereocenters. The number of phenols is 3. The normalized spacial score (nSPS) is 33.6. The van der Waals surface area contributed by atoms with Crippen molar-refractivity contribution >= 4 is 22.9 Å². The molecule has 1 aromatic heterocycles. The Hall–Kier alpha value is -5.37. The summed E-state index contributed by atoms with van der Waals surface area (Å²) in [7, 11) is 1.52. The molecule has 3 aromatic rings. The molecule has 0 radical (unpaired) electrons. The number of aliphatic hydroxyl groups excluding tert-OH is 7. The molecule has 2 fully saturated rings. The lowest BCUT2D eigenvalue weighted by Gasteiger charge is -2.50. The molecule has 22 nitrogen and oxygen atoms in total. The predicted octanol–water partition coefficient (Wildman–Crippen LogP) is -3.25. The van der Waals surface area contributed by atoms with Crippen molar-refractivity contribution in [3.8, 4) is 34.3 Å². The average Bonchev–Trinajstić information content (AvgIpc) is 3.35. The highest BCUT2D eigenvalue weighted by molar-refractivity contribution is 5.89. The van der Waals surface area contributed by atoms with Gasteiger partial charge < -0.3 is 95.9 Å². The van der Waals surface area contributed by atoms with E-state index in [1.54, 1.807) is 18.4 Å². The number of aliphatic hydroxyl groups is 7. The zero-order valence-corrected chi connectivity index (χ0v) is 32.1. The number of ether oxygens (including phenoxy) is 4. The van der Waals surface area contributed by atoms with Crippen molar-refractivity contribution in [1.29, 1.82) is 0 Å². The third-order valence-electron chi connectivity index (χ3n) is 11.3. The van der Waals surface area contributed by atoms with Gasteiger partial charge in [0.2, 0.25) is 12.1 Å². The summed E-state index contributed by atoms with van der Waals surface area (Å²) >= 11 is 0. The highest BCUT2D eigenvalue weighted by Gasteiger charge is 2.63. The Bertz CT molecular complexity index is 2320. The van der Waals surface area contributed by atoms with Crippen LogP contribution in [0.15, 0.2) is 57.4 Å². The van der Waals surface area contributed by atoms with Gasteiger partial charge in [0.15, 0.2) is 29.1 Å². The summed E-state index contributed by atoms with van der Waals surface area (Å²) in [6.45, 7) is -0.514. The van der Waals surface area contributed by atoms with Gasteiger partial charge in [-0.1, -0.05) is 6.08 Å². The summed E-state index contributed by atoms with van der Waals surface area (Å²) < 4.78 is 29.0. The van der Waals surface area contributed by atoms with Crippen LogP contribution in [0.1, 0.15) is 23.5 Å². The first-order valence-corrected chi connectivity index (χ1v) is 19.0. The topological polar surface area (TPSA) is 374 Å². The zero-order valence-electron chi connectivity index (χ0n) is 32.1. The smallest absolute Gasteiger partial charge is 0.340 e. The lowest BCUT2D eigenvalue weighted by atomic mass is 9.76. The molecular formula is C39H45N3O19. The molecule has 4 aliphatic rings. The third kappa shape index (κ3) is 7.65. The van der Waals surface area contributed by atoms with Crippen LogP contribution in [-0.2, 0) is 30.2 Å². The zero-order chi connectivity index (χ0) is 44.2. The molecule has 2 saturated heterocycles. The van der Waals surface area contributed by atoms with Gasteiger partial charge in [0, 0.05) is 60.0 Å². The van der Waals surface area contributed by atoms with Crippen molar-refractivity contribution in [2.45, 2.75) is 85.8 Å². The molecule has 0 aliphatic carbocycles. The third-order valence-corrected chi connectivity index (χ3v) is 11.3. The van der Waals surface area contributed by atoms with Gasteiger partial charge in [-0.25, -0.2) is 9.59 Å². The number of carboxylic acids is 1. The number of carboxylic acid groups (broad SMARTS) is 1. The number of allylic oxidation sites excluding steroid dienone is 2. The van der Waals surface area contributed by atoms with Crippen LogP contribution in [0.2, 0.25) is 0 Å². The SMILES string of the molecule is CNC[C@H]1C[C@@H](C2=CNC(N)C=C2)c2c(cc3oc(-c4cc(O)c(O)c(CCO)c4)cc(=O)c3c2O)O[C@]12O[C@H](C(=O)O[C@H]1O[C@H](C(=O)O)[C@@H](O)[C@H](O)[C@H]1O)[C@@H](O)[C@H](O)[C@H]2O. The van der Waals surface area contributed by atoms with Gasteiger partial charge in [0.1, 0.15) is 64.9 Å². The first-order valence-electron chi connectivity index (χ1n) is 19.0. The van der Waals surface area contributed by atoms with Gasteiger partial charge in [-0.15, -0.1) is 0 Å². The van der Waals surface area contributed by atoms with Crippen molar-refractivity contribution < 1.29 is 89.1 Å². The van der Waals surface area contributed by atoms with Gasteiger partial charge in [-0.3, -0.25) is 4.79 Å². The fourth-order valence-corrected chi connectivity index (χ4v) is 8.20. The Kier molecular flexibility index (Phi) is 12.1. The fraction of sp³-hybridized carbons (Fsp3) is 0.462. The second-order valence-electron chi connectivity index (χ2n) is 15.2. The van der Waals surface area contributed by atoms with Crippen LogP contribution in [0.5, 0.6) is 23.0 Å². The van der Waals surface area contributed by atoms with E-state index in [4.69, 9.17) is 29.1 Å². The van der Waals surface area contributed by atoms with E-state index in [9.17, 15) is 70.6 Å². The second kappa shape index (κ2) is 16.8. The fourth-order valence-electron chi connectivity index (χ4n) is 8.20. The van der Waals surface area contributed by atoms with Crippen molar-refractivity contribution in [2.24, 2.45) is 11.7 Å². The number of esters is 1. The highest BCUT2D eigenvalue weighted by Crippen LogP contribution is 2.53. The molecule has 0 saturated carbocycles. The second-order valence-corrected chi connectivity index (χ2v) is 15.2. The number of rotatable bonds is 9. The molecule has 61 heavy (non-hydrogen) atoms. The van der Waals surface area contributed by atoms with Crippen molar-refractivity contribution in [2.75, 3.05) is 20.2 Å². The minimum atomic E-state index is -2.57. The summed E-state index contributed by atoms with van der Waals surface area (Å²) in [6, 6.07) is 4.68. The molecule has 7 rings (SSSR count). The van der Waals surface area contributed by atoms with Crippen LogP contribution < -0.4 is 26.5 Å². The lowest BCUT2D eigenvalue weighted by molar-refractivity contribution is -0.352. The quantitative estimate of drug-likeness (QED) is 0.0742. The number of hydrogen-bond acceptors (Lipinski definition) is 21. The van der Waals surface area contributed by atoms with Crippen LogP contribution in [-0.4, -0.2) is 155 Å². The summed E-state index contributed by atoms with van der Waals surface area (Å²) in [5.74, 6) is -10.3. The summed E-state index contributed by atoms with van der Waals surface area (Å²) in [4.78, 5) is 39.4. The molecule has 1 spiro atoms. The Morgan fingerprint density at radius 1 is 0.967 bits per heavy atom. The lowest BCUT2D eigenvalue weighted by Crippen LogP contribution is -2.71. The van der Waals surface area contributed by atoms with Gasteiger partial charge in [0.25, 0.3) is 0 Å². The molecule has 22 heteroatoms. The number of benzene rings is 2. The molecular weight excluding hydrogens is 814 g/mol. The van der Waals surface area contributed by atoms with Crippen LogP contribution in [0.25, 0.3) is 22.3 Å². The standard InChI is InChI=1S/C39H45N3O19/c1-41-12-16-8-17(14-2-3-23(40)42-11-14)24-22(10-21-25(27(24)47)18(44)9-20(57-21)15-6-13(4-5-43)26(46)19(45)7-15)60-39(16)35(53)31(51)30(50)34(61-39)37(56)59-38-32(52)28(48)29(49)33(58-38)36(54)55/h2-3,6-7,9-11,16-17,23,28-35,38,41-43,45-53H,4-5,8,12,40H2,1H3,(H,54,55)/t16-,17+,23?,28+,29+,30+,31+,32-,33+,34+,35-,38-,39+/m1/s1. The number of phenolic OH excluding ortho intramolecular Hbond substituents is 3. The average molecular weight is 860 g/mol. The molecule has 4 aliphatic heterocycles. The van der Waals surface area contributed by atoms with Gasteiger partial charge in [-0.05, 0) is 43.7 Å². The summed E-state index contributed by atoms with van der Waals surface area (Å²) in [5.41, 5.74) is 5.56. The van der Waals surface area contributed by atoms with E-state index < -0.39 is 120 Å². The molecule has 5 heterocycles. The number of hydrogen-bond donors (Lipinski definition) is 14. The van der Waals surface area contributed by atoms with Gasteiger partial charge >= 0.3 is 11.9 Å². The molecule has 0 amide bonds. The summed E-state index contributed by atoms with van der Waals surface area (Å²) in [6.07, 6.45) is -16.1. The minimum absolute atomic E-state index is 0.0484. The number of aliphatic carboxylic acids is 1. The van der Waals surface area contributed by atoms with Crippen molar-refractivity contribution in [3.63, 3.8) is 0 Å². The maximum atomic E-state index is 13.9. The Labute approximate surface area is 343 Å². The maximum absolute atomic E-state index is 13.9. The number of carbonyl (C=O) groups excluding carboxylic acids is 1. The van der Waals surface area contributed by atoms with E-state index in [-0.39, 0.29) is 58.6 Å². The number of carbonyl (C=O) groups is 2. The Morgan fingerprint density at radius 2 is 1.69 bits per heavy atom. The molecule has 2 aromatic carbocycles. The molecule has 330 valence electrons.